The van der Waals surface area contributed by atoms with Crippen molar-refractivity contribution in [2.45, 2.75) is 6.61 Å². The van der Waals surface area contributed by atoms with Gasteiger partial charge < -0.3 is 9.47 Å². The van der Waals surface area contributed by atoms with Crippen molar-refractivity contribution in [3.8, 4) is 11.5 Å². The van der Waals surface area contributed by atoms with Gasteiger partial charge in [-0.25, -0.2) is 5.43 Å². The maximum absolute atomic E-state index is 12.3. The van der Waals surface area contributed by atoms with Crippen LogP contribution in [0.3, 0.4) is 0 Å². The number of ether oxygens (including phenoxy) is 2. The number of carbonyl (C=O) groups is 1. The highest BCUT2D eigenvalue weighted by atomic mass is 127. The molecule has 0 unspecified atom stereocenters. The highest BCUT2D eigenvalue weighted by Crippen LogP contribution is 2.34. The monoisotopic (exact) mass is 632 g/mol. The molecule has 0 fully saturated rings. The fourth-order valence-corrected chi connectivity index (χ4v) is 3.99. The molecule has 0 saturated carbocycles. The number of nitrogens with one attached hydrogen (secondary N) is 1. The maximum Gasteiger partial charge on any atom is 0.271 e. The van der Waals surface area contributed by atoms with Crippen LogP contribution in [0.15, 0.2) is 64.2 Å². The SMILES string of the molecule is COc1cc(C(=O)N/N=C\c2cc(Cl)c(OCc3ccc(Br)cc3)c(Cl)c2)ccc1I. The predicted octanol–water partition coefficient (Wildman–Crippen LogP) is 6.71. The Morgan fingerprint density at radius 2 is 1.81 bits per heavy atom. The van der Waals surface area contributed by atoms with Gasteiger partial charge in [-0.1, -0.05) is 51.3 Å². The lowest BCUT2D eigenvalue weighted by Gasteiger charge is -2.11. The fraction of sp³-hybridized carbons (Fsp3) is 0.0909. The molecule has 0 aliphatic rings. The number of methoxy groups -OCH3 is 1. The van der Waals surface area contributed by atoms with Gasteiger partial charge in [0.05, 0.1) is 26.9 Å². The number of hydrazone groups is 1. The average molecular weight is 634 g/mol. The number of rotatable bonds is 7. The third-order valence-corrected chi connectivity index (χ3v) is 6.09. The van der Waals surface area contributed by atoms with Crippen molar-refractivity contribution in [1.29, 1.82) is 0 Å². The van der Waals surface area contributed by atoms with E-state index in [9.17, 15) is 4.79 Å². The molecule has 1 amide bonds. The van der Waals surface area contributed by atoms with Gasteiger partial charge in [0.2, 0.25) is 0 Å². The third-order valence-electron chi connectivity index (χ3n) is 4.11. The second-order valence-electron chi connectivity index (χ2n) is 6.28. The minimum absolute atomic E-state index is 0.329. The summed E-state index contributed by atoms with van der Waals surface area (Å²) in [6.07, 6.45) is 1.46. The van der Waals surface area contributed by atoms with Crippen LogP contribution in [0, 0.1) is 3.57 Å². The molecule has 0 aromatic heterocycles. The molecule has 0 aliphatic heterocycles. The van der Waals surface area contributed by atoms with E-state index in [4.69, 9.17) is 32.7 Å². The summed E-state index contributed by atoms with van der Waals surface area (Å²) in [5, 5.41) is 4.67. The standard InChI is InChI=1S/C22H16BrCl2IN2O3/c1-30-20-10-15(4-7-19(20)26)22(29)28-27-11-14-8-17(24)21(18(25)9-14)31-12-13-2-5-16(23)6-3-13/h2-11H,12H2,1H3,(H,28,29)/b27-11-. The van der Waals surface area contributed by atoms with E-state index in [1.54, 1.807) is 37.4 Å². The summed E-state index contributed by atoms with van der Waals surface area (Å²) < 4.78 is 12.9. The minimum Gasteiger partial charge on any atom is -0.496 e. The van der Waals surface area contributed by atoms with Crippen molar-refractivity contribution in [3.63, 3.8) is 0 Å². The quantitative estimate of drug-likeness (QED) is 0.179. The number of hydrogen-bond donors (Lipinski definition) is 1. The first-order valence-corrected chi connectivity index (χ1v) is 11.5. The van der Waals surface area contributed by atoms with Crippen LogP contribution in [-0.2, 0) is 6.61 Å². The molecule has 31 heavy (non-hydrogen) atoms. The first-order valence-electron chi connectivity index (χ1n) is 8.90. The van der Waals surface area contributed by atoms with Crippen LogP contribution in [0.5, 0.6) is 11.5 Å². The second-order valence-corrected chi connectivity index (χ2v) is 9.17. The summed E-state index contributed by atoms with van der Waals surface area (Å²) in [6, 6.07) is 16.2. The number of halogens is 4. The van der Waals surface area contributed by atoms with Gasteiger partial charge in [0.25, 0.3) is 5.91 Å². The van der Waals surface area contributed by atoms with Crippen LogP contribution in [0.1, 0.15) is 21.5 Å². The van der Waals surface area contributed by atoms with Gasteiger partial charge in [0.15, 0.2) is 5.75 Å². The molecule has 3 rings (SSSR count). The molecule has 1 N–H and O–H groups in total. The zero-order valence-electron chi connectivity index (χ0n) is 16.2. The van der Waals surface area contributed by atoms with Crippen LogP contribution in [0.2, 0.25) is 10.0 Å². The molecule has 0 aliphatic carbocycles. The van der Waals surface area contributed by atoms with Crippen LogP contribution in [0.4, 0.5) is 0 Å². The molecular weight excluding hydrogens is 618 g/mol. The first kappa shape index (κ1) is 23.8. The largest absolute Gasteiger partial charge is 0.496 e. The third kappa shape index (κ3) is 6.58. The zero-order chi connectivity index (χ0) is 22.4. The second kappa shape index (κ2) is 11.2. The van der Waals surface area contributed by atoms with E-state index in [2.05, 4.69) is 49.0 Å². The number of hydrogen-bond acceptors (Lipinski definition) is 4. The normalized spacial score (nSPS) is 10.9. The van der Waals surface area contributed by atoms with Gasteiger partial charge in [-0.15, -0.1) is 0 Å². The Balaban J connectivity index is 1.64. The summed E-state index contributed by atoms with van der Waals surface area (Å²) in [6.45, 7) is 0.329. The Morgan fingerprint density at radius 3 is 2.45 bits per heavy atom. The van der Waals surface area contributed by atoms with Gasteiger partial charge in [-0.05, 0) is 76.2 Å². The Morgan fingerprint density at radius 1 is 1.13 bits per heavy atom. The first-order chi connectivity index (χ1) is 14.9. The zero-order valence-corrected chi connectivity index (χ0v) is 21.4. The summed E-state index contributed by atoms with van der Waals surface area (Å²) in [7, 11) is 1.55. The molecule has 5 nitrogen and oxygen atoms in total. The molecule has 9 heteroatoms. The van der Waals surface area contributed by atoms with Gasteiger partial charge >= 0.3 is 0 Å². The summed E-state index contributed by atoms with van der Waals surface area (Å²) >= 11 is 18.2. The molecule has 3 aromatic rings. The van der Waals surface area contributed by atoms with Gasteiger partial charge in [0, 0.05) is 10.0 Å². The van der Waals surface area contributed by atoms with Crippen LogP contribution < -0.4 is 14.9 Å². The molecule has 0 spiro atoms. The van der Waals surface area contributed by atoms with E-state index in [-0.39, 0.29) is 5.91 Å². The molecular formula is C22H16BrCl2IN2O3. The van der Waals surface area contributed by atoms with Gasteiger partial charge in [-0.2, -0.15) is 5.10 Å². The minimum atomic E-state index is -0.363. The Kier molecular flexibility index (Phi) is 8.59. The highest BCUT2D eigenvalue weighted by molar-refractivity contribution is 14.1. The van der Waals surface area contributed by atoms with Crippen LogP contribution >= 0.6 is 61.7 Å². The molecule has 0 saturated heterocycles. The number of amides is 1. The molecule has 0 bridgehead atoms. The Labute approximate surface area is 212 Å². The molecule has 0 radical (unpaired) electrons. The van der Waals surface area contributed by atoms with Crippen molar-refractivity contribution in [3.05, 3.63) is 89.4 Å². The van der Waals surface area contributed by atoms with E-state index >= 15 is 0 Å². The lowest BCUT2D eigenvalue weighted by molar-refractivity contribution is 0.0954. The van der Waals surface area contributed by atoms with E-state index in [0.29, 0.717) is 39.3 Å². The van der Waals surface area contributed by atoms with E-state index in [0.717, 1.165) is 13.6 Å². The lowest BCUT2D eigenvalue weighted by atomic mass is 10.2. The van der Waals surface area contributed by atoms with Gasteiger partial charge in [-0.3, -0.25) is 4.79 Å². The van der Waals surface area contributed by atoms with E-state index in [1.807, 2.05) is 24.3 Å². The number of nitrogens with zero attached hydrogens (tertiary/aromatic N) is 1. The van der Waals surface area contributed by atoms with Crippen molar-refractivity contribution in [1.82, 2.24) is 5.43 Å². The number of benzene rings is 3. The van der Waals surface area contributed by atoms with Crippen molar-refractivity contribution < 1.29 is 14.3 Å². The lowest BCUT2D eigenvalue weighted by Crippen LogP contribution is -2.17. The predicted molar refractivity (Wildman–Crippen MR) is 136 cm³/mol. The topological polar surface area (TPSA) is 59.9 Å². The van der Waals surface area contributed by atoms with Crippen molar-refractivity contribution >= 4 is 73.8 Å². The Bertz CT molecular complexity index is 1100. The van der Waals surface area contributed by atoms with E-state index < -0.39 is 0 Å². The van der Waals surface area contributed by atoms with Crippen LogP contribution in [0.25, 0.3) is 0 Å². The molecule has 0 atom stereocenters. The van der Waals surface area contributed by atoms with Crippen molar-refractivity contribution in [2.24, 2.45) is 5.10 Å². The van der Waals surface area contributed by atoms with Crippen LogP contribution in [-0.4, -0.2) is 19.2 Å². The number of carbonyl (C=O) groups excluding carboxylic acids is 1. The summed E-state index contributed by atoms with van der Waals surface area (Å²) in [4.78, 5) is 12.3. The van der Waals surface area contributed by atoms with Crippen molar-refractivity contribution in [2.75, 3.05) is 7.11 Å². The fourth-order valence-electron chi connectivity index (χ4n) is 2.56. The average Bonchev–Trinajstić information content (AvgIpc) is 2.74. The smallest absolute Gasteiger partial charge is 0.271 e. The maximum atomic E-state index is 12.3. The molecule has 3 aromatic carbocycles. The molecule has 160 valence electrons. The van der Waals surface area contributed by atoms with E-state index in [1.165, 1.54) is 6.21 Å². The molecule has 0 heterocycles. The van der Waals surface area contributed by atoms with Gasteiger partial charge in [0.1, 0.15) is 12.4 Å². The highest BCUT2D eigenvalue weighted by Gasteiger charge is 2.11. The summed E-state index contributed by atoms with van der Waals surface area (Å²) in [5.41, 5.74) is 4.51. The Hall–Kier alpha value is -1.81. The summed E-state index contributed by atoms with van der Waals surface area (Å²) in [5.74, 6) is 0.644.